The Kier molecular flexibility index (Phi) is 6.70. The van der Waals surface area contributed by atoms with Gasteiger partial charge in [-0.2, -0.15) is 5.26 Å². The maximum atomic E-state index is 14.5. The molecule has 4 atom stereocenters. The molecule has 0 fully saturated rings. The fourth-order valence-electron chi connectivity index (χ4n) is 3.38. The molecule has 0 saturated carbocycles. The van der Waals surface area contributed by atoms with Crippen LogP contribution in [0.25, 0.3) is 5.57 Å². The van der Waals surface area contributed by atoms with E-state index in [1.807, 2.05) is 25.2 Å². The van der Waals surface area contributed by atoms with Gasteiger partial charge in [0.25, 0.3) is 0 Å². The van der Waals surface area contributed by atoms with E-state index in [2.05, 4.69) is 17.2 Å². The second kappa shape index (κ2) is 9.22. The Morgan fingerprint density at radius 1 is 1.29 bits per heavy atom. The first-order valence-electron chi connectivity index (χ1n) is 9.27. The van der Waals surface area contributed by atoms with Gasteiger partial charge in [0.2, 0.25) is 0 Å². The number of halogens is 3. The van der Waals surface area contributed by atoms with Crippen molar-refractivity contribution in [3.63, 3.8) is 0 Å². The van der Waals surface area contributed by atoms with Crippen molar-refractivity contribution in [3.8, 4) is 17.2 Å². The number of hydrogen-bond acceptors (Lipinski definition) is 2. The zero-order valence-electron chi connectivity index (χ0n) is 15.5. The summed E-state index contributed by atoms with van der Waals surface area (Å²) in [6, 6.07) is 4.57. The number of thiocyanates is 1. The Balaban J connectivity index is 1.75. The van der Waals surface area contributed by atoms with E-state index in [9.17, 15) is 13.2 Å². The topological polar surface area (TPSA) is 23.8 Å². The summed E-state index contributed by atoms with van der Waals surface area (Å²) in [5.41, 5.74) is 1.58. The first kappa shape index (κ1) is 20.4. The summed E-state index contributed by atoms with van der Waals surface area (Å²) in [7, 11) is 0. The van der Waals surface area contributed by atoms with E-state index in [1.54, 1.807) is 12.1 Å². The third-order valence-electron chi connectivity index (χ3n) is 5.02. The molecule has 1 aromatic rings. The molecule has 0 aromatic heterocycles. The number of rotatable bonds is 3. The molecule has 5 heteroatoms. The molecule has 2 aliphatic carbocycles. The minimum Gasteiger partial charge on any atom is -0.246 e. The van der Waals surface area contributed by atoms with Crippen LogP contribution in [-0.2, 0) is 0 Å². The summed E-state index contributed by atoms with van der Waals surface area (Å²) in [6.45, 7) is 1.90. The van der Waals surface area contributed by atoms with E-state index in [-0.39, 0.29) is 17.6 Å². The fourth-order valence-corrected chi connectivity index (χ4v) is 3.87. The third-order valence-corrected chi connectivity index (χ3v) is 5.78. The lowest BCUT2D eigenvalue weighted by molar-refractivity contribution is 0.211. The highest BCUT2D eigenvalue weighted by atomic mass is 32.2. The normalized spacial score (nSPS) is 26.5. The maximum Gasteiger partial charge on any atom is 0.133 e. The summed E-state index contributed by atoms with van der Waals surface area (Å²) >= 11 is 1.17. The summed E-state index contributed by atoms with van der Waals surface area (Å²) in [5, 5.41) is 10.9. The first-order chi connectivity index (χ1) is 13.5. The molecule has 0 spiro atoms. The molecule has 1 nitrogen and oxygen atoms in total. The van der Waals surface area contributed by atoms with Crippen LogP contribution in [0.2, 0.25) is 0 Å². The molecule has 0 radical (unpaired) electrons. The molecule has 0 amide bonds. The van der Waals surface area contributed by atoms with Crippen LogP contribution in [0.3, 0.4) is 0 Å². The predicted octanol–water partition coefficient (Wildman–Crippen LogP) is 6.34. The number of nitrogens with zero attached hydrogens (tertiary/aromatic N) is 1. The number of thioether (sulfide) groups is 1. The zero-order chi connectivity index (χ0) is 20.1. The zero-order valence-corrected chi connectivity index (χ0v) is 16.3. The number of allylic oxidation sites excluding steroid dienone is 5. The monoisotopic (exact) mass is 399 g/mol. The Hall–Kier alpha value is -2.37. The van der Waals surface area contributed by atoms with Gasteiger partial charge in [-0.3, -0.25) is 0 Å². The van der Waals surface area contributed by atoms with Gasteiger partial charge >= 0.3 is 0 Å². The highest BCUT2D eigenvalue weighted by molar-refractivity contribution is 8.04. The van der Waals surface area contributed by atoms with Crippen molar-refractivity contribution in [1.82, 2.24) is 0 Å². The number of alkyl halides is 1. The van der Waals surface area contributed by atoms with Crippen LogP contribution >= 0.6 is 11.8 Å². The molecular formula is C23H20F3NS. The van der Waals surface area contributed by atoms with E-state index in [4.69, 9.17) is 5.26 Å². The van der Waals surface area contributed by atoms with Gasteiger partial charge in [-0.15, -0.1) is 0 Å². The van der Waals surface area contributed by atoms with E-state index >= 15 is 0 Å². The van der Waals surface area contributed by atoms with Gasteiger partial charge < -0.3 is 0 Å². The van der Waals surface area contributed by atoms with Gasteiger partial charge in [-0.05, 0) is 60.7 Å². The standard InChI is InChI=1S/C23H20F3NS/c1-2-15-11-22(25)20(23(26)12-15)10-4-16-3-9-19(21(24)13-16)17-5-7-18(8-6-17)28-14-27/h3,5-7,9,11,13,15,18,20,23H,2,8,12H2,1H3. The van der Waals surface area contributed by atoms with Gasteiger partial charge in [0, 0.05) is 16.4 Å². The Morgan fingerprint density at radius 3 is 2.71 bits per heavy atom. The van der Waals surface area contributed by atoms with Gasteiger partial charge in [0.1, 0.15) is 29.1 Å². The first-order valence-corrected chi connectivity index (χ1v) is 10.2. The number of nitriles is 1. The van der Waals surface area contributed by atoms with E-state index in [0.29, 0.717) is 24.0 Å². The maximum absolute atomic E-state index is 14.5. The molecule has 0 N–H and O–H groups in total. The average molecular weight is 399 g/mol. The van der Waals surface area contributed by atoms with Crippen molar-refractivity contribution in [2.75, 3.05) is 0 Å². The van der Waals surface area contributed by atoms with Crippen molar-refractivity contribution in [3.05, 3.63) is 65.3 Å². The van der Waals surface area contributed by atoms with Crippen molar-refractivity contribution < 1.29 is 13.2 Å². The Bertz CT molecular complexity index is 929. The highest BCUT2D eigenvalue weighted by Crippen LogP contribution is 2.33. The van der Waals surface area contributed by atoms with E-state index < -0.39 is 23.7 Å². The Morgan fingerprint density at radius 2 is 2.11 bits per heavy atom. The van der Waals surface area contributed by atoms with Crippen LogP contribution in [-0.4, -0.2) is 11.4 Å². The van der Waals surface area contributed by atoms with Gasteiger partial charge in [-0.1, -0.05) is 43.1 Å². The molecular weight excluding hydrogens is 379 g/mol. The fraction of sp³-hybridized carbons (Fsp3) is 0.348. The van der Waals surface area contributed by atoms with Gasteiger partial charge in [0.05, 0.1) is 0 Å². The lowest BCUT2D eigenvalue weighted by Crippen LogP contribution is -2.23. The highest BCUT2D eigenvalue weighted by Gasteiger charge is 2.30. The lowest BCUT2D eigenvalue weighted by Gasteiger charge is -2.24. The quantitative estimate of drug-likeness (QED) is 0.437. The molecule has 2 aliphatic rings. The minimum atomic E-state index is -1.34. The largest absolute Gasteiger partial charge is 0.246 e. The number of benzene rings is 1. The van der Waals surface area contributed by atoms with Crippen molar-refractivity contribution in [2.45, 2.75) is 37.6 Å². The molecule has 144 valence electrons. The van der Waals surface area contributed by atoms with Crippen LogP contribution < -0.4 is 0 Å². The molecule has 1 aromatic carbocycles. The van der Waals surface area contributed by atoms with Crippen LogP contribution in [0.15, 0.2) is 48.3 Å². The average Bonchev–Trinajstić information content (AvgIpc) is 2.68. The second-order valence-electron chi connectivity index (χ2n) is 6.92. The molecule has 3 rings (SSSR count). The van der Waals surface area contributed by atoms with Crippen LogP contribution in [0, 0.1) is 40.2 Å². The van der Waals surface area contributed by atoms with Crippen LogP contribution in [0.5, 0.6) is 0 Å². The molecule has 0 saturated heterocycles. The van der Waals surface area contributed by atoms with Crippen molar-refractivity contribution >= 4 is 17.3 Å². The van der Waals surface area contributed by atoms with Gasteiger partial charge in [0.15, 0.2) is 0 Å². The summed E-state index contributed by atoms with van der Waals surface area (Å²) in [5.74, 6) is 3.21. The summed E-state index contributed by atoms with van der Waals surface area (Å²) < 4.78 is 42.9. The van der Waals surface area contributed by atoms with E-state index in [0.717, 1.165) is 5.57 Å². The third kappa shape index (κ3) is 4.72. The van der Waals surface area contributed by atoms with E-state index in [1.165, 1.54) is 23.9 Å². The van der Waals surface area contributed by atoms with Crippen LogP contribution in [0.4, 0.5) is 13.2 Å². The summed E-state index contributed by atoms with van der Waals surface area (Å²) in [6.07, 6.45) is 7.33. The smallest absolute Gasteiger partial charge is 0.133 e. The second-order valence-corrected chi connectivity index (χ2v) is 7.94. The molecule has 28 heavy (non-hydrogen) atoms. The SMILES string of the molecule is CCC1C=C(F)C(C#Cc2ccc(C3=CCC(SC#N)C=C3)c(F)c2)C(F)C1. The lowest BCUT2D eigenvalue weighted by atomic mass is 9.85. The molecule has 0 heterocycles. The van der Waals surface area contributed by atoms with Crippen molar-refractivity contribution in [1.29, 1.82) is 5.26 Å². The molecule has 0 aliphatic heterocycles. The van der Waals surface area contributed by atoms with Crippen molar-refractivity contribution in [2.24, 2.45) is 11.8 Å². The summed E-state index contributed by atoms with van der Waals surface area (Å²) in [4.78, 5) is 0. The van der Waals surface area contributed by atoms with Gasteiger partial charge in [-0.25, -0.2) is 13.2 Å². The Labute approximate surface area is 168 Å². The minimum absolute atomic E-state index is 0.0846. The number of hydrogen-bond donors (Lipinski definition) is 0. The predicted molar refractivity (Wildman–Crippen MR) is 108 cm³/mol. The molecule has 0 bridgehead atoms. The van der Waals surface area contributed by atoms with Crippen LogP contribution in [0.1, 0.15) is 37.3 Å². The molecule has 4 unspecified atom stereocenters.